The molecule has 3 aromatic rings. The Morgan fingerprint density at radius 3 is 3.00 bits per heavy atom. The van der Waals surface area contributed by atoms with Crippen molar-refractivity contribution in [3.05, 3.63) is 34.4 Å². The van der Waals surface area contributed by atoms with Gasteiger partial charge in [0.15, 0.2) is 0 Å². The molecule has 86 valence electrons. The van der Waals surface area contributed by atoms with Crippen molar-refractivity contribution in [2.45, 2.75) is 0 Å². The lowest BCUT2D eigenvalue weighted by Crippen LogP contribution is -1.96. The predicted octanol–water partition coefficient (Wildman–Crippen LogP) is 2.83. The Bertz CT molecular complexity index is 705. The van der Waals surface area contributed by atoms with E-state index in [2.05, 4.69) is 10.2 Å². The van der Waals surface area contributed by atoms with Gasteiger partial charge in [-0.1, -0.05) is 11.6 Å². The summed E-state index contributed by atoms with van der Waals surface area (Å²) in [5.41, 5.74) is 6.68. The van der Waals surface area contributed by atoms with E-state index < -0.39 is 0 Å². The third kappa shape index (κ3) is 1.57. The van der Waals surface area contributed by atoms with E-state index in [1.807, 2.05) is 0 Å². The van der Waals surface area contributed by atoms with Crippen molar-refractivity contribution in [1.82, 2.24) is 14.6 Å². The third-order valence-electron chi connectivity index (χ3n) is 2.38. The fraction of sp³-hybridized carbons (Fsp3) is 0. The van der Waals surface area contributed by atoms with Crippen molar-refractivity contribution in [1.29, 1.82) is 0 Å². The SMILES string of the molecule is Nc1nnc2scc(-c3cc(Cl)ccc3F)n12. The maximum atomic E-state index is 13.7. The summed E-state index contributed by atoms with van der Waals surface area (Å²) in [6.45, 7) is 0. The number of nitrogens with two attached hydrogens (primary N) is 1. The van der Waals surface area contributed by atoms with Crippen molar-refractivity contribution in [2.24, 2.45) is 0 Å². The van der Waals surface area contributed by atoms with Crippen LogP contribution < -0.4 is 5.73 Å². The van der Waals surface area contributed by atoms with Gasteiger partial charge in [0, 0.05) is 16.0 Å². The summed E-state index contributed by atoms with van der Waals surface area (Å²) in [7, 11) is 0. The highest BCUT2D eigenvalue weighted by molar-refractivity contribution is 7.15. The van der Waals surface area contributed by atoms with Crippen LogP contribution in [0.5, 0.6) is 0 Å². The van der Waals surface area contributed by atoms with Gasteiger partial charge in [0.05, 0.1) is 5.69 Å². The normalized spacial score (nSPS) is 11.2. The topological polar surface area (TPSA) is 56.2 Å². The summed E-state index contributed by atoms with van der Waals surface area (Å²) >= 11 is 7.21. The van der Waals surface area contributed by atoms with Gasteiger partial charge in [0.1, 0.15) is 5.82 Å². The minimum absolute atomic E-state index is 0.232. The van der Waals surface area contributed by atoms with E-state index in [0.717, 1.165) is 0 Å². The number of anilines is 1. The van der Waals surface area contributed by atoms with E-state index >= 15 is 0 Å². The van der Waals surface area contributed by atoms with Gasteiger partial charge in [-0.05, 0) is 18.2 Å². The average molecular weight is 269 g/mol. The summed E-state index contributed by atoms with van der Waals surface area (Å²) < 4.78 is 15.3. The fourth-order valence-electron chi connectivity index (χ4n) is 1.62. The Morgan fingerprint density at radius 2 is 2.18 bits per heavy atom. The molecule has 0 radical (unpaired) electrons. The molecule has 2 aromatic heterocycles. The number of hydrogen-bond donors (Lipinski definition) is 1. The van der Waals surface area contributed by atoms with E-state index in [4.69, 9.17) is 17.3 Å². The Labute approximate surface area is 104 Å². The number of fused-ring (bicyclic) bond motifs is 1. The first-order chi connectivity index (χ1) is 8.16. The van der Waals surface area contributed by atoms with Gasteiger partial charge in [0.2, 0.25) is 10.9 Å². The van der Waals surface area contributed by atoms with Crippen LogP contribution in [0.3, 0.4) is 0 Å². The number of aromatic nitrogens is 3. The van der Waals surface area contributed by atoms with Crippen molar-refractivity contribution in [3.63, 3.8) is 0 Å². The van der Waals surface area contributed by atoms with Crippen LogP contribution in [0.15, 0.2) is 23.6 Å². The molecule has 2 heterocycles. The fourth-order valence-corrected chi connectivity index (χ4v) is 2.63. The number of rotatable bonds is 1. The van der Waals surface area contributed by atoms with Crippen molar-refractivity contribution < 1.29 is 4.39 Å². The first-order valence-corrected chi connectivity index (χ1v) is 5.96. The number of thiazole rings is 1. The Hall–Kier alpha value is -1.66. The van der Waals surface area contributed by atoms with Crippen molar-refractivity contribution >= 4 is 33.8 Å². The minimum Gasteiger partial charge on any atom is -0.368 e. The van der Waals surface area contributed by atoms with Crippen LogP contribution in [-0.2, 0) is 0 Å². The van der Waals surface area contributed by atoms with E-state index in [1.165, 1.54) is 23.5 Å². The standard InChI is InChI=1S/C10H6ClFN4S/c11-5-1-2-7(12)6(3-5)8-4-17-10-15-14-9(13)16(8)10/h1-4H,(H2,13,14). The van der Waals surface area contributed by atoms with Gasteiger partial charge in [-0.3, -0.25) is 4.40 Å². The van der Waals surface area contributed by atoms with Crippen LogP contribution >= 0.6 is 22.9 Å². The van der Waals surface area contributed by atoms with Crippen LogP contribution in [0.4, 0.5) is 10.3 Å². The Morgan fingerprint density at radius 1 is 1.35 bits per heavy atom. The van der Waals surface area contributed by atoms with Crippen LogP contribution in [-0.4, -0.2) is 14.6 Å². The highest BCUT2D eigenvalue weighted by Gasteiger charge is 2.14. The van der Waals surface area contributed by atoms with Crippen molar-refractivity contribution in [2.75, 3.05) is 5.73 Å². The zero-order chi connectivity index (χ0) is 12.0. The van der Waals surface area contributed by atoms with Gasteiger partial charge in [-0.15, -0.1) is 21.5 Å². The molecule has 0 aliphatic rings. The second kappa shape index (κ2) is 3.68. The van der Waals surface area contributed by atoms with Crippen LogP contribution in [0.25, 0.3) is 16.2 Å². The van der Waals surface area contributed by atoms with E-state index in [1.54, 1.807) is 15.8 Å². The molecule has 1 aromatic carbocycles. The molecule has 2 N–H and O–H groups in total. The molecule has 0 aliphatic carbocycles. The first kappa shape index (κ1) is 10.5. The molecule has 4 nitrogen and oxygen atoms in total. The number of benzene rings is 1. The second-order valence-corrected chi connectivity index (χ2v) is 4.69. The summed E-state index contributed by atoms with van der Waals surface area (Å²) in [4.78, 5) is 0.622. The number of hydrogen-bond acceptors (Lipinski definition) is 4. The lowest BCUT2D eigenvalue weighted by molar-refractivity contribution is 0.630. The quantitative estimate of drug-likeness (QED) is 0.738. The molecule has 17 heavy (non-hydrogen) atoms. The van der Waals surface area contributed by atoms with Crippen LogP contribution in [0.2, 0.25) is 5.02 Å². The molecule has 0 saturated heterocycles. The first-order valence-electron chi connectivity index (χ1n) is 4.70. The summed E-state index contributed by atoms with van der Waals surface area (Å²) in [6.07, 6.45) is 0. The molecular weight excluding hydrogens is 263 g/mol. The molecule has 3 rings (SSSR count). The van der Waals surface area contributed by atoms with Crippen molar-refractivity contribution in [3.8, 4) is 11.3 Å². The number of nitrogen functional groups attached to an aromatic ring is 1. The van der Waals surface area contributed by atoms with Gasteiger partial charge >= 0.3 is 0 Å². The Kier molecular flexibility index (Phi) is 2.27. The largest absolute Gasteiger partial charge is 0.368 e. The van der Waals surface area contributed by atoms with E-state index in [0.29, 0.717) is 21.2 Å². The molecule has 0 bridgehead atoms. The van der Waals surface area contributed by atoms with Gasteiger partial charge in [-0.25, -0.2) is 4.39 Å². The molecule has 0 atom stereocenters. The minimum atomic E-state index is -0.359. The molecule has 0 amide bonds. The third-order valence-corrected chi connectivity index (χ3v) is 3.43. The molecule has 0 unspecified atom stereocenters. The van der Waals surface area contributed by atoms with Crippen LogP contribution in [0, 0.1) is 5.82 Å². The highest BCUT2D eigenvalue weighted by atomic mass is 35.5. The molecule has 0 spiro atoms. The molecular formula is C10H6ClFN4S. The van der Waals surface area contributed by atoms with Gasteiger partial charge in [-0.2, -0.15) is 0 Å². The smallest absolute Gasteiger partial charge is 0.227 e. The maximum absolute atomic E-state index is 13.7. The molecule has 0 saturated carbocycles. The number of halogens is 2. The summed E-state index contributed by atoms with van der Waals surface area (Å²) in [6, 6.07) is 4.37. The van der Waals surface area contributed by atoms with E-state index in [-0.39, 0.29) is 11.8 Å². The predicted molar refractivity (Wildman–Crippen MR) is 65.7 cm³/mol. The summed E-state index contributed by atoms with van der Waals surface area (Å²) in [5.74, 6) is -0.127. The second-order valence-electron chi connectivity index (χ2n) is 3.42. The molecule has 0 fully saturated rings. The lowest BCUT2D eigenvalue weighted by Gasteiger charge is -2.03. The lowest BCUT2D eigenvalue weighted by atomic mass is 10.1. The maximum Gasteiger partial charge on any atom is 0.227 e. The average Bonchev–Trinajstić information content (AvgIpc) is 2.86. The zero-order valence-electron chi connectivity index (χ0n) is 8.39. The number of nitrogens with zero attached hydrogens (tertiary/aromatic N) is 3. The van der Waals surface area contributed by atoms with Gasteiger partial charge < -0.3 is 5.73 Å². The highest BCUT2D eigenvalue weighted by Crippen LogP contribution is 2.30. The molecule has 0 aliphatic heterocycles. The Balaban J connectivity index is 2.33. The van der Waals surface area contributed by atoms with Gasteiger partial charge in [0.25, 0.3) is 0 Å². The monoisotopic (exact) mass is 268 g/mol. The van der Waals surface area contributed by atoms with E-state index in [9.17, 15) is 4.39 Å². The van der Waals surface area contributed by atoms with Crippen LogP contribution in [0.1, 0.15) is 0 Å². The zero-order valence-corrected chi connectivity index (χ0v) is 9.96. The summed E-state index contributed by atoms with van der Waals surface area (Å²) in [5, 5.41) is 9.85. The molecule has 7 heteroatoms.